The van der Waals surface area contributed by atoms with Gasteiger partial charge < -0.3 is 4.90 Å². The van der Waals surface area contributed by atoms with Crippen molar-refractivity contribution in [3.05, 3.63) is 35.9 Å². The Morgan fingerprint density at radius 2 is 2.00 bits per heavy atom. The zero-order chi connectivity index (χ0) is 12.8. The van der Waals surface area contributed by atoms with Gasteiger partial charge in [-0.3, -0.25) is 4.79 Å². The zero-order valence-corrected chi connectivity index (χ0v) is 11.3. The lowest BCUT2D eigenvalue weighted by Crippen LogP contribution is -2.27. The highest BCUT2D eigenvalue weighted by Crippen LogP contribution is 2.29. The quantitative estimate of drug-likeness (QED) is 0.654. The van der Waals surface area contributed by atoms with E-state index < -0.39 is 0 Å². The molecule has 0 unspecified atom stereocenters. The van der Waals surface area contributed by atoms with Gasteiger partial charge in [-0.1, -0.05) is 37.3 Å². The highest BCUT2D eigenvalue weighted by molar-refractivity contribution is 5.95. The molecule has 0 bridgehead atoms. The molecule has 0 aliphatic heterocycles. The minimum atomic E-state index is 0.276. The molecular formula is C16H23NO. The maximum absolute atomic E-state index is 11.9. The van der Waals surface area contributed by atoms with E-state index in [2.05, 4.69) is 11.8 Å². The molecule has 2 heteroatoms. The predicted molar refractivity (Wildman–Crippen MR) is 74.8 cm³/mol. The molecule has 0 saturated heterocycles. The van der Waals surface area contributed by atoms with Crippen molar-refractivity contribution >= 4 is 5.78 Å². The van der Waals surface area contributed by atoms with E-state index in [1.165, 1.54) is 19.4 Å². The van der Waals surface area contributed by atoms with Crippen LogP contribution >= 0.6 is 0 Å². The van der Waals surface area contributed by atoms with Gasteiger partial charge in [0, 0.05) is 18.5 Å². The fourth-order valence-corrected chi connectivity index (χ4v) is 2.28. The largest absolute Gasteiger partial charge is 0.303 e. The molecule has 0 N–H and O–H groups in total. The minimum absolute atomic E-state index is 0.276. The summed E-state index contributed by atoms with van der Waals surface area (Å²) in [6, 6.07) is 9.62. The van der Waals surface area contributed by atoms with Gasteiger partial charge in [-0.2, -0.15) is 0 Å². The van der Waals surface area contributed by atoms with Crippen molar-refractivity contribution in [2.24, 2.45) is 5.92 Å². The Balaban J connectivity index is 1.69. The first-order valence-corrected chi connectivity index (χ1v) is 7.10. The van der Waals surface area contributed by atoms with Crippen LogP contribution < -0.4 is 0 Å². The lowest BCUT2D eigenvalue weighted by Gasteiger charge is -2.19. The van der Waals surface area contributed by atoms with Crippen LogP contribution in [0.15, 0.2) is 30.3 Å². The molecule has 1 fully saturated rings. The van der Waals surface area contributed by atoms with Gasteiger partial charge in [0.1, 0.15) is 0 Å². The molecule has 0 aromatic heterocycles. The third-order valence-electron chi connectivity index (χ3n) is 3.63. The van der Waals surface area contributed by atoms with Crippen LogP contribution in [0.1, 0.15) is 43.0 Å². The Morgan fingerprint density at radius 3 is 2.61 bits per heavy atom. The summed E-state index contributed by atoms with van der Waals surface area (Å²) in [6.45, 7) is 5.61. The van der Waals surface area contributed by atoms with Gasteiger partial charge in [-0.25, -0.2) is 0 Å². The summed E-state index contributed by atoms with van der Waals surface area (Å²) in [7, 11) is 0. The number of carbonyl (C=O) groups is 1. The summed E-state index contributed by atoms with van der Waals surface area (Å²) in [5.41, 5.74) is 0.850. The highest BCUT2D eigenvalue weighted by atomic mass is 16.1. The fraction of sp³-hybridized carbons (Fsp3) is 0.562. The van der Waals surface area contributed by atoms with Crippen LogP contribution in [-0.2, 0) is 0 Å². The average Bonchev–Trinajstić information content (AvgIpc) is 3.22. The van der Waals surface area contributed by atoms with Crippen molar-refractivity contribution in [2.45, 2.75) is 32.6 Å². The Bertz CT molecular complexity index is 370. The fourth-order valence-electron chi connectivity index (χ4n) is 2.28. The molecule has 0 heterocycles. The van der Waals surface area contributed by atoms with Gasteiger partial charge in [0.15, 0.2) is 5.78 Å². The van der Waals surface area contributed by atoms with E-state index in [0.717, 1.165) is 31.0 Å². The molecule has 0 atom stereocenters. The SMILES string of the molecule is CCN(CCCC(=O)c1ccccc1)CC1CC1. The smallest absolute Gasteiger partial charge is 0.162 e. The molecule has 0 radical (unpaired) electrons. The van der Waals surface area contributed by atoms with Crippen LogP contribution in [0.5, 0.6) is 0 Å². The molecule has 1 aromatic rings. The molecule has 2 rings (SSSR count). The summed E-state index contributed by atoms with van der Waals surface area (Å²) in [5.74, 6) is 1.22. The zero-order valence-electron chi connectivity index (χ0n) is 11.3. The van der Waals surface area contributed by atoms with Gasteiger partial charge in [0.25, 0.3) is 0 Å². The van der Waals surface area contributed by atoms with Crippen molar-refractivity contribution in [2.75, 3.05) is 19.6 Å². The Hall–Kier alpha value is -1.15. The molecule has 1 aliphatic rings. The summed E-state index contributed by atoms with van der Waals surface area (Å²) >= 11 is 0. The van der Waals surface area contributed by atoms with Crippen LogP contribution in [-0.4, -0.2) is 30.3 Å². The van der Waals surface area contributed by atoms with Gasteiger partial charge in [0.05, 0.1) is 0 Å². The number of Topliss-reactive ketones (excluding diaryl/α,β-unsaturated/α-hetero) is 1. The Labute approximate surface area is 110 Å². The van der Waals surface area contributed by atoms with Crippen LogP contribution in [0, 0.1) is 5.92 Å². The van der Waals surface area contributed by atoms with Crippen LogP contribution in [0.2, 0.25) is 0 Å². The standard InChI is InChI=1S/C16H23NO/c1-2-17(13-14-10-11-14)12-6-9-16(18)15-7-4-3-5-8-15/h3-5,7-8,14H,2,6,9-13H2,1H3. The van der Waals surface area contributed by atoms with E-state index in [1.807, 2.05) is 30.3 Å². The number of hydrogen-bond acceptors (Lipinski definition) is 2. The summed E-state index contributed by atoms with van der Waals surface area (Å²) in [6.07, 6.45) is 4.46. The van der Waals surface area contributed by atoms with Gasteiger partial charge in [0.2, 0.25) is 0 Å². The lowest BCUT2D eigenvalue weighted by molar-refractivity contribution is 0.0974. The number of carbonyl (C=O) groups excluding carboxylic acids is 1. The predicted octanol–water partition coefficient (Wildman–Crippen LogP) is 3.38. The first-order valence-electron chi connectivity index (χ1n) is 7.10. The minimum Gasteiger partial charge on any atom is -0.303 e. The lowest BCUT2D eigenvalue weighted by atomic mass is 10.1. The summed E-state index contributed by atoms with van der Waals surface area (Å²) in [4.78, 5) is 14.4. The van der Waals surface area contributed by atoms with Gasteiger partial charge in [-0.15, -0.1) is 0 Å². The Morgan fingerprint density at radius 1 is 1.28 bits per heavy atom. The normalized spacial score (nSPS) is 15.0. The monoisotopic (exact) mass is 245 g/mol. The second-order valence-corrected chi connectivity index (χ2v) is 5.23. The molecule has 1 saturated carbocycles. The molecule has 1 aromatic carbocycles. The van der Waals surface area contributed by atoms with E-state index in [1.54, 1.807) is 0 Å². The van der Waals surface area contributed by atoms with Crippen LogP contribution in [0.3, 0.4) is 0 Å². The van der Waals surface area contributed by atoms with Crippen molar-refractivity contribution in [3.8, 4) is 0 Å². The second kappa shape index (κ2) is 6.69. The van der Waals surface area contributed by atoms with E-state index in [9.17, 15) is 4.79 Å². The van der Waals surface area contributed by atoms with Crippen molar-refractivity contribution < 1.29 is 4.79 Å². The Kier molecular flexibility index (Phi) is 4.94. The summed E-state index contributed by atoms with van der Waals surface area (Å²) in [5, 5.41) is 0. The molecule has 0 amide bonds. The first kappa shape index (κ1) is 13.3. The molecule has 18 heavy (non-hydrogen) atoms. The molecular weight excluding hydrogens is 222 g/mol. The average molecular weight is 245 g/mol. The first-order chi connectivity index (χ1) is 8.79. The van der Waals surface area contributed by atoms with Crippen LogP contribution in [0.4, 0.5) is 0 Å². The maximum Gasteiger partial charge on any atom is 0.162 e. The van der Waals surface area contributed by atoms with E-state index >= 15 is 0 Å². The molecule has 98 valence electrons. The molecule has 2 nitrogen and oxygen atoms in total. The van der Waals surface area contributed by atoms with E-state index in [0.29, 0.717) is 6.42 Å². The number of benzene rings is 1. The third kappa shape index (κ3) is 4.26. The van der Waals surface area contributed by atoms with Crippen molar-refractivity contribution in [3.63, 3.8) is 0 Å². The van der Waals surface area contributed by atoms with Crippen molar-refractivity contribution in [1.82, 2.24) is 4.90 Å². The number of hydrogen-bond donors (Lipinski definition) is 0. The number of nitrogens with zero attached hydrogens (tertiary/aromatic N) is 1. The van der Waals surface area contributed by atoms with E-state index in [4.69, 9.17) is 0 Å². The van der Waals surface area contributed by atoms with Gasteiger partial charge in [-0.05, 0) is 38.3 Å². The second-order valence-electron chi connectivity index (χ2n) is 5.23. The van der Waals surface area contributed by atoms with Crippen LogP contribution in [0.25, 0.3) is 0 Å². The molecule has 1 aliphatic carbocycles. The summed E-state index contributed by atoms with van der Waals surface area (Å²) < 4.78 is 0. The topological polar surface area (TPSA) is 20.3 Å². The van der Waals surface area contributed by atoms with E-state index in [-0.39, 0.29) is 5.78 Å². The number of rotatable bonds is 8. The third-order valence-corrected chi connectivity index (χ3v) is 3.63. The van der Waals surface area contributed by atoms with Crippen molar-refractivity contribution in [1.29, 1.82) is 0 Å². The number of ketones is 1. The molecule has 0 spiro atoms. The van der Waals surface area contributed by atoms with Gasteiger partial charge >= 0.3 is 0 Å². The maximum atomic E-state index is 11.9. The highest BCUT2D eigenvalue weighted by Gasteiger charge is 2.23.